The molecule has 1 aromatic rings. The van der Waals surface area contributed by atoms with Crippen LogP contribution in [0.1, 0.15) is 32.3 Å². The van der Waals surface area contributed by atoms with Crippen LogP contribution in [0.5, 0.6) is 0 Å². The number of rotatable bonds is 3. The molecule has 0 saturated carbocycles. The molecule has 0 aromatic heterocycles. The van der Waals surface area contributed by atoms with E-state index < -0.39 is 0 Å². The molecule has 2 unspecified atom stereocenters. The number of nitrogens with zero attached hydrogens (tertiary/aromatic N) is 1. The molecular weight excluding hydrogens is 227 g/mol. The van der Waals surface area contributed by atoms with Crippen LogP contribution in [0.2, 0.25) is 0 Å². The Kier molecular flexibility index (Phi) is 4.23. The Bertz CT molecular complexity index is 405. The van der Waals surface area contributed by atoms with Crippen LogP contribution in [0.3, 0.4) is 0 Å². The van der Waals surface area contributed by atoms with Gasteiger partial charge < -0.3 is 10.2 Å². The van der Waals surface area contributed by atoms with Crippen LogP contribution in [0, 0.1) is 11.7 Å². The van der Waals surface area contributed by atoms with E-state index in [1.165, 1.54) is 12.8 Å². The van der Waals surface area contributed by atoms with E-state index in [0.717, 1.165) is 23.7 Å². The molecule has 1 aromatic carbocycles. The fourth-order valence-electron chi connectivity index (χ4n) is 2.93. The summed E-state index contributed by atoms with van der Waals surface area (Å²) in [5, 5.41) is 3.06. The Labute approximate surface area is 109 Å². The Morgan fingerprint density at radius 3 is 2.83 bits per heavy atom. The first-order valence-electron chi connectivity index (χ1n) is 6.82. The molecule has 1 aliphatic heterocycles. The van der Waals surface area contributed by atoms with Gasteiger partial charge in [0.15, 0.2) is 0 Å². The Balaban J connectivity index is 2.29. The van der Waals surface area contributed by atoms with Gasteiger partial charge in [0.1, 0.15) is 5.82 Å². The lowest BCUT2D eigenvalue weighted by Gasteiger charge is -2.39. The average Bonchev–Trinajstić information content (AvgIpc) is 2.32. The fourth-order valence-corrected chi connectivity index (χ4v) is 2.93. The first-order chi connectivity index (χ1) is 8.63. The highest BCUT2D eigenvalue weighted by atomic mass is 19.1. The van der Waals surface area contributed by atoms with Crippen molar-refractivity contribution in [3.05, 3.63) is 29.6 Å². The Morgan fingerprint density at radius 2 is 2.17 bits per heavy atom. The highest BCUT2D eigenvalue weighted by molar-refractivity contribution is 5.55. The molecule has 2 nitrogen and oxygen atoms in total. The van der Waals surface area contributed by atoms with E-state index >= 15 is 0 Å². The molecule has 0 radical (unpaired) electrons. The topological polar surface area (TPSA) is 15.3 Å². The van der Waals surface area contributed by atoms with Crippen molar-refractivity contribution in [1.29, 1.82) is 0 Å². The van der Waals surface area contributed by atoms with E-state index in [4.69, 9.17) is 0 Å². The van der Waals surface area contributed by atoms with Gasteiger partial charge in [0.25, 0.3) is 0 Å². The number of hydrogen-bond donors (Lipinski definition) is 1. The van der Waals surface area contributed by atoms with Gasteiger partial charge in [0.05, 0.1) is 0 Å². The van der Waals surface area contributed by atoms with E-state index in [1.807, 2.05) is 19.2 Å². The normalized spacial score (nSPS) is 24.3. The minimum Gasteiger partial charge on any atom is -0.368 e. The second-order valence-corrected chi connectivity index (χ2v) is 5.44. The maximum absolute atomic E-state index is 13.9. The van der Waals surface area contributed by atoms with Crippen molar-refractivity contribution in [2.75, 3.05) is 18.5 Å². The first-order valence-corrected chi connectivity index (χ1v) is 6.82. The zero-order valence-corrected chi connectivity index (χ0v) is 11.5. The molecule has 1 N–H and O–H groups in total. The third-order valence-electron chi connectivity index (χ3n) is 3.90. The molecule has 0 bridgehead atoms. The number of halogens is 1. The molecule has 0 amide bonds. The molecule has 100 valence electrons. The zero-order valence-electron chi connectivity index (χ0n) is 11.5. The van der Waals surface area contributed by atoms with Crippen molar-refractivity contribution in [2.24, 2.45) is 5.92 Å². The van der Waals surface area contributed by atoms with E-state index in [2.05, 4.69) is 24.1 Å². The molecule has 2 rings (SSSR count). The number of anilines is 1. The van der Waals surface area contributed by atoms with E-state index in [-0.39, 0.29) is 5.82 Å². The van der Waals surface area contributed by atoms with Crippen LogP contribution >= 0.6 is 0 Å². The summed E-state index contributed by atoms with van der Waals surface area (Å²) in [5.41, 5.74) is 1.85. The lowest BCUT2D eigenvalue weighted by molar-refractivity contribution is 0.377. The monoisotopic (exact) mass is 250 g/mol. The van der Waals surface area contributed by atoms with Crippen LogP contribution in [-0.2, 0) is 6.54 Å². The van der Waals surface area contributed by atoms with E-state index in [0.29, 0.717) is 12.6 Å². The van der Waals surface area contributed by atoms with Crippen molar-refractivity contribution in [1.82, 2.24) is 5.32 Å². The van der Waals surface area contributed by atoms with Crippen LogP contribution in [-0.4, -0.2) is 19.6 Å². The second-order valence-electron chi connectivity index (χ2n) is 5.44. The van der Waals surface area contributed by atoms with Gasteiger partial charge in [-0.3, -0.25) is 0 Å². The van der Waals surface area contributed by atoms with Crippen LogP contribution in [0.25, 0.3) is 0 Å². The second kappa shape index (κ2) is 5.70. The molecule has 1 heterocycles. The van der Waals surface area contributed by atoms with Crippen molar-refractivity contribution >= 4 is 5.69 Å². The summed E-state index contributed by atoms with van der Waals surface area (Å²) >= 11 is 0. The maximum atomic E-state index is 13.9. The van der Waals surface area contributed by atoms with Crippen molar-refractivity contribution in [2.45, 2.75) is 39.3 Å². The SMILES string of the molecule is CNCc1c(F)cccc1N1CCC(C)CC1C. The number of benzene rings is 1. The van der Waals surface area contributed by atoms with Gasteiger partial charge in [-0.25, -0.2) is 4.39 Å². The summed E-state index contributed by atoms with van der Waals surface area (Å²) in [6.45, 7) is 6.15. The molecule has 3 heteroatoms. The summed E-state index contributed by atoms with van der Waals surface area (Å²) < 4.78 is 13.9. The summed E-state index contributed by atoms with van der Waals surface area (Å²) in [4.78, 5) is 2.36. The Hall–Kier alpha value is -1.09. The first kappa shape index (κ1) is 13.3. The number of piperidine rings is 1. The van der Waals surface area contributed by atoms with Gasteiger partial charge in [-0.05, 0) is 44.9 Å². The Morgan fingerprint density at radius 1 is 1.39 bits per heavy atom. The predicted molar refractivity (Wildman–Crippen MR) is 74.4 cm³/mol. The van der Waals surface area contributed by atoms with Crippen LogP contribution in [0.4, 0.5) is 10.1 Å². The van der Waals surface area contributed by atoms with Gasteiger partial charge in [0, 0.05) is 30.4 Å². The quantitative estimate of drug-likeness (QED) is 0.886. The fraction of sp³-hybridized carbons (Fsp3) is 0.600. The molecule has 0 aliphatic carbocycles. The van der Waals surface area contributed by atoms with Crippen LogP contribution in [0.15, 0.2) is 18.2 Å². The van der Waals surface area contributed by atoms with Crippen molar-refractivity contribution in [3.63, 3.8) is 0 Å². The van der Waals surface area contributed by atoms with Gasteiger partial charge in [-0.15, -0.1) is 0 Å². The summed E-state index contributed by atoms with van der Waals surface area (Å²) in [7, 11) is 1.86. The highest BCUT2D eigenvalue weighted by Gasteiger charge is 2.25. The van der Waals surface area contributed by atoms with Gasteiger partial charge in [-0.2, -0.15) is 0 Å². The van der Waals surface area contributed by atoms with Crippen molar-refractivity contribution < 1.29 is 4.39 Å². The molecule has 1 aliphatic rings. The van der Waals surface area contributed by atoms with Gasteiger partial charge >= 0.3 is 0 Å². The number of hydrogen-bond acceptors (Lipinski definition) is 2. The van der Waals surface area contributed by atoms with Crippen molar-refractivity contribution in [3.8, 4) is 0 Å². The lowest BCUT2D eigenvalue weighted by atomic mass is 9.92. The standard InChI is InChI=1S/C15H23FN2/c1-11-7-8-18(12(2)9-11)15-6-4-5-14(16)13(15)10-17-3/h4-6,11-12,17H,7-10H2,1-3H3. The summed E-state index contributed by atoms with van der Waals surface area (Å²) in [6, 6.07) is 5.90. The molecule has 18 heavy (non-hydrogen) atoms. The highest BCUT2D eigenvalue weighted by Crippen LogP contribution is 2.31. The third kappa shape index (κ3) is 2.66. The summed E-state index contributed by atoms with van der Waals surface area (Å²) in [6.07, 6.45) is 2.38. The third-order valence-corrected chi connectivity index (χ3v) is 3.90. The van der Waals surface area contributed by atoms with E-state index in [9.17, 15) is 4.39 Å². The molecular formula is C15H23FN2. The van der Waals surface area contributed by atoms with E-state index in [1.54, 1.807) is 6.07 Å². The molecule has 1 saturated heterocycles. The minimum atomic E-state index is -0.104. The molecule has 1 fully saturated rings. The molecule has 2 atom stereocenters. The molecule has 0 spiro atoms. The lowest BCUT2D eigenvalue weighted by Crippen LogP contribution is -2.41. The number of nitrogens with one attached hydrogen (secondary N) is 1. The maximum Gasteiger partial charge on any atom is 0.129 e. The average molecular weight is 250 g/mol. The van der Waals surface area contributed by atoms with Crippen LogP contribution < -0.4 is 10.2 Å². The smallest absolute Gasteiger partial charge is 0.129 e. The largest absolute Gasteiger partial charge is 0.368 e. The minimum absolute atomic E-state index is 0.104. The zero-order chi connectivity index (χ0) is 13.1. The summed E-state index contributed by atoms with van der Waals surface area (Å²) in [5.74, 6) is 0.672. The van der Waals surface area contributed by atoms with Gasteiger partial charge in [0.2, 0.25) is 0 Å². The van der Waals surface area contributed by atoms with Gasteiger partial charge in [-0.1, -0.05) is 13.0 Å². The predicted octanol–water partition coefficient (Wildman–Crippen LogP) is 3.17.